The molecular weight excluding hydrogens is 356 g/mol. The molecule has 150 valence electrons. The molecule has 0 aliphatic carbocycles. The lowest BCUT2D eigenvalue weighted by Crippen LogP contribution is -2.40. The van der Waals surface area contributed by atoms with Crippen LogP contribution in [0, 0.1) is 0 Å². The first-order valence-electron chi connectivity index (χ1n) is 9.66. The number of piperidine rings is 1. The number of nitrogens with one attached hydrogen (secondary N) is 1. The summed E-state index contributed by atoms with van der Waals surface area (Å²) in [5.41, 5.74) is 0.817. The van der Waals surface area contributed by atoms with Crippen LogP contribution in [0.3, 0.4) is 0 Å². The van der Waals surface area contributed by atoms with Crippen molar-refractivity contribution in [2.24, 2.45) is 0 Å². The first kappa shape index (κ1) is 20.0. The van der Waals surface area contributed by atoms with Crippen LogP contribution in [-0.2, 0) is 4.79 Å². The second-order valence-corrected chi connectivity index (χ2v) is 6.81. The Balaban J connectivity index is 1.62. The standard InChI is InChI=1S/C22H28N2O4/c1-26-18-10-8-17(21(15-18)27-2)9-11-22(25)23-16-19(20-7-6-14-28-20)24-12-4-3-5-13-24/h6-11,14-15,19H,3-5,12-13,16H2,1-2H3,(H,23,25)/b11-9+. The molecule has 0 spiro atoms. The number of benzene rings is 1. The number of rotatable bonds is 8. The molecule has 1 aliphatic rings. The van der Waals surface area contributed by atoms with Crippen LogP contribution in [0.15, 0.2) is 47.1 Å². The van der Waals surface area contributed by atoms with Gasteiger partial charge in [-0.3, -0.25) is 9.69 Å². The van der Waals surface area contributed by atoms with Gasteiger partial charge in [-0.05, 0) is 56.3 Å². The second-order valence-electron chi connectivity index (χ2n) is 6.81. The van der Waals surface area contributed by atoms with E-state index in [1.807, 2.05) is 24.3 Å². The third-order valence-electron chi connectivity index (χ3n) is 5.03. The van der Waals surface area contributed by atoms with E-state index in [4.69, 9.17) is 13.9 Å². The van der Waals surface area contributed by atoms with Crippen molar-refractivity contribution in [2.75, 3.05) is 33.9 Å². The minimum Gasteiger partial charge on any atom is -0.497 e. The molecule has 1 aromatic heterocycles. The molecule has 1 saturated heterocycles. The SMILES string of the molecule is COc1ccc(/C=C/C(=O)NCC(c2ccco2)N2CCCCC2)c(OC)c1. The molecule has 0 bridgehead atoms. The Morgan fingerprint density at radius 3 is 2.71 bits per heavy atom. The summed E-state index contributed by atoms with van der Waals surface area (Å²) in [6.45, 7) is 2.57. The molecule has 0 radical (unpaired) electrons. The number of hydrogen-bond acceptors (Lipinski definition) is 5. The van der Waals surface area contributed by atoms with Crippen LogP contribution in [0.2, 0.25) is 0 Å². The average molecular weight is 384 g/mol. The largest absolute Gasteiger partial charge is 0.497 e. The lowest BCUT2D eigenvalue weighted by atomic mass is 10.1. The normalized spacial score (nSPS) is 16.1. The van der Waals surface area contributed by atoms with Gasteiger partial charge in [-0.25, -0.2) is 0 Å². The average Bonchev–Trinajstić information content (AvgIpc) is 3.27. The van der Waals surface area contributed by atoms with E-state index in [0.717, 1.165) is 24.4 Å². The number of amides is 1. The van der Waals surface area contributed by atoms with E-state index >= 15 is 0 Å². The number of methoxy groups -OCH3 is 2. The Hall–Kier alpha value is -2.73. The van der Waals surface area contributed by atoms with Gasteiger partial charge in [0.25, 0.3) is 0 Å². The highest BCUT2D eigenvalue weighted by atomic mass is 16.5. The molecule has 1 unspecified atom stereocenters. The lowest BCUT2D eigenvalue weighted by molar-refractivity contribution is -0.116. The molecule has 6 nitrogen and oxygen atoms in total. The summed E-state index contributed by atoms with van der Waals surface area (Å²) in [6, 6.07) is 9.42. The van der Waals surface area contributed by atoms with Crippen LogP contribution < -0.4 is 14.8 Å². The van der Waals surface area contributed by atoms with Gasteiger partial charge in [-0.1, -0.05) is 6.42 Å². The van der Waals surface area contributed by atoms with Gasteiger partial charge in [-0.15, -0.1) is 0 Å². The Labute approximate surface area is 166 Å². The van der Waals surface area contributed by atoms with Crippen molar-refractivity contribution < 1.29 is 18.7 Å². The summed E-state index contributed by atoms with van der Waals surface area (Å²) in [5, 5.41) is 3.01. The van der Waals surface area contributed by atoms with E-state index in [2.05, 4.69) is 10.2 Å². The molecule has 1 aliphatic heterocycles. The Morgan fingerprint density at radius 1 is 1.21 bits per heavy atom. The zero-order chi connectivity index (χ0) is 19.8. The van der Waals surface area contributed by atoms with Crippen molar-refractivity contribution in [2.45, 2.75) is 25.3 Å². The molecule has 6 heteroatoms. The Bertz CT molecular complexity index is 780. The van der Waals surface area contributed by atoms with Gasteiger partial charge in [-0.2, -0.15) is 0 Å². The van der Waals surface area contributed by atoms with Crippen molar-refractivity contribution in [1.82, 2.24) is 10.2 Å². The maximum atomic E-state index is 12.4. The van der Waals surface area contributed by atoms with E-state index in [1.54, 1.807) is 32.6 Å². The van der Waals surface area contributed by atoms with E-state index in [-0.39, 0.29) is 11.9 Å². The lowest BCUT2D eigenvalue weighted by Gasteiger charge is -2.33. The number of ether oxygens (including phenoxy) is 2. The summed E-state index contributed by atoms with van der Waals surface area (Å²) in [4.78, 5) is 14.8. The van der Waals surface area contributed by atoms with Crippen molar-refractivity contribution in [3.05, 3.63) is 54.0 Å². The molecule has 1 fully saturated rings. The van der Waals surface area contributed by atoms with Crippen molar-refractivity contribution in [1.29, 1.82) is 0 Å². The van der Waals surface area contributed by atoms with Gasteiger partial charge in [0.05, 0.1) is 26.5 Å². The first-order valence-corrected chi connectivity index (χ1v) is 9.66. The van der Waals surface area contributed by atoms with Crippen LogP contribution in [0.25, 0.3) is 6.08 Å². The highest BCUT2D eigenvalue weighted by Crippen LogP contribution is 2.26. The Morgan fingerprint density at radius 2 is 2.04 bits per heavy atom. The smallest absolute Gasteiger partial charge is 0.244 e. The zero-order valence-electron chi connectivity index (χ0n) is 16.5. The third-order valence-corrected chi connectivity index (χ3v) is 5.03. The molecule has 1 aromatic carbocycles. The maximum absolute atomic E-state index is 12.4. The minimum absolute atomic E-state index is 0.0585. The minimum atomic E-state index is -0.147. The van der Waals surface area contributed by atoms with Crippen molar-refractivity contribution in [3.8, 4) is 11.5 Å². The van der Waals surface area contributed by atoms with Crippen LogP contribution >= 0.6 is 0 Å². The summed E-state index contributed by atoms with van der Waals surface area (Å²) < 4.78 is 16.2. The molecular formula is C22H28N2O4. The summed E-state index contributed by atoms with van der Waals surface area (Å²) >= 11 is 0. The fourth-order valence-corrected chi connectivity index (χ4v) is 3.50. The Kier molecular flexibility index (Phi) is 7.14. The van der Waals surface area contributed by atoms with Crippen molar-refractivity contribution in [3.63, 3.8) is 0 Å². The summed E-state index contributed by atoms with van der Waals surface area (Å²) in [5.74, 6) is 2.11. The van der Waals surface area contributed by atoms with Crippen LogP contribution in [0.4, 0.5) is 0 Å². The van der Waals surface area contributed by atoms with E-state index < -0.39 is 0 Å². The summed E-state index contributed by atoms with van der Waals surface area (Å²) in [6.07, 6.45) is 8.59. The molecule has 3 rings (SSSR count). The third kappa shape index (κ3) is 5.16. The zero-order valence-corrected chi connectivity index (χ0v) is 16.5. The molecule has 28 heavy (non-hydrogen) atoms. The monoisotopic (exact) mass is 384 g/mol. The topological polar surface area (TPSA) is 63.9 Å². The van der Waals surface area contributed by atoms with E-state index in [0.29, 0.717) is 18.0 Å². The predicted octanol–water partition coefficient (Wildman–Crippen LogP) is 3.65. The van der Waals surface area contributed by atoms with Gasteiger partial charge >= 0.3 is 0 Å². The maximum Gasteiger partial charge on any atom is 0.244 e. The fraction of sp³-hybridized carbons (Fsp3) is 0.409. The number of carbonyl (C=O) groups excluding carboxylic acids is 1. The molecule has 1 amide bonds. The van der Waals surface area contributed by atoms with Crippen LogP contribution in [-0.4, -0.2) is 44.7 Å². The van der Waals surface area contributed by atoms with Gasteiger partial charge in [0.1, 0.15) is 17.3 Å². The number of likely N-dealkylation sites (tertiary alicyclic amines) is 1. The van der Waals surface area contributed by atoms with Gasteiger partial charge in [0, 0.05) is 24.3 Å². The van der Waals surface area contributed by atoms with Gasteiger partial charge in [0.2, 0.25) is 5.91 Å². The van der Waals surface area contributed by atoms with E-state index in [9.17, 15) is 4.79 Å². The molecule has 2 aromatic rings. The summed E-state index contributed by atoms with van der Waals surface area (Å²) in [7, 11) is 3.20. The number of furan rings is 1. The second kappa shape index (κ2) is 9.99. The quantitative estimate of drug-likeness (QED) is 0.704. The number of carbonyl (C=O) groups is 1. The molecule has 2 heterocycles. The highest BCUT2D eigenvalue weighted by molar-refractivity contribution is 5.92. The predicted molar refractivity (Wildman–Crippen MR) is 108 cm³/mol. The number of hydrogen-bond donors (Lipinski definition) is 1. The van der Waals surface area contributed by atoms with E-state index in [1.165, 1.54) is 25.3 Å². The van der Waals surface area contributed by atoms with Crippen LogP contribution in [0.5, 0.6) is 11.5 Å². The molecule has 1 N–H and O–H groups in total. The fourth-order valence-electron chi connectivity index (χ4n) is 3.50. The molecule has 1 atom stereocenters. The molecule has 0 saturated carbocycles. The van der Waals surface area contributed by atoms with Crippen LogP contribution in [0.1, 0.15) is 36.6 Å². The van der Waals surface area contributed by atoms with Gasteiger partial charge in [0.15, 0.2) is 0 Å². The number of nitrogens with zero attached hydrogens (tertiary/aromatic N) is 1. The first-order chi connectivity index (χ1) is 13.7. The highest BCUT2D eigenvalue weighted by Gasteiger charge is 2.24. The van der Waals surface area contributed by atoms with Gasteiger partial charge < -0.3 is 19.2 Å². The van der Waals surface area contributed by atoms with Crippen molar-refractivity contribution >= 4 is 12.0 Å².